The molecule has 0 aliphatic heterocycles. The van der Waals surface area contributed by atoms with E-state index in [2.05, 4.69) is 44.9 Å². The number of hydrogen-bond donors (Lipinski definition) is 2. The van der Waals surface area contributed by atoms with Gasteiger partial charge < -0.3 is 10.6 Å². The Hall–Kier alpha value is -3.05. The van der Waals surface area contributed by atoms with Crippen molar-refractivity contribution in [3.8, 4) is 0 Å². The van der Waals surface area contributed by atoms with Gasteiger partial charge in [-0.15, -0.1) is 0 Å². The van der Waals surface area contributed by atoms with E-state index in [0.29, 0.717) is 11.7 Å². The highest BCUT2D eigenvalue weighted by Crippen LogP contribution is 2.29. The first-order valence-corrected chi connectivity index (χ1v) is 8.43. The molecule has 25 heavy (non-hydrogen) atoms. The Bertz CT molecular complexity index is 1050. The fourth-order valence-corrected chi connectivity index (χ4v) is 3.02. The van der Waals surface area contributed by atoms with Gasteiger partial charge in [0.05, 0.1) is 16.7 Å². The van der Waals surface area contributed by atoms with Gasteiger partial charge in [0.15, 0.2) is 5.11 Å². The van der Waals surface area contributed by atoms with Crippen molar-refractivity contribution in [3.63, 3.8) is 0 Å². The summed E-state index contributed by atoms with van der Waals surface area (Å²) in [6.45, 7) is 0.671. The Balaban J connectivity index is 1.63. The SMILES string of the molecule is S=C(NCc1ccccc1)Nc1cc2ncccc2c2cccnc12. The van der Waals surface area contributed by atoms with Crippen LogP contribution in [0.4, 0.5) is 5.69 Å². The Kier molecular flexibility index (Phi) is 4.23. The molecule has 0 amide bonds. The van der Waals surface area contributed by atoms with Gasteiger partial charge in [0.2, 0.25) is 0 Å². The molecule has 0 radical (unpaired) electrons. The summed E-state index contributed by atoms with van der Waals surface area (Å²) >= 11 is 5.45. The molecule has 0 unspecified atom stereocenters. The number of thiocarbonyl (C=S) groups is 1. The van der Waals surface area contributed by atoms with Gasteiger partial charge in [-0.05, 0) is 36.0 Å². The lowest BCUT2D eigenvalue weighted by Gasteiger charge is -2.13. The van der Waals surface area contributed by atoms with Crippen molar-refractivity contribution < 1.29 is 0 Å². The van der Waals surface area contributed by atoms with Gasteiger partial charge in [0.1, 0.15) is 0 Å². The highest BCUT2D eigenvalue weighted by atomic mass is 32.1. The van der Waals surface area contributed by atoms with Gasteiger partial charge in [-0.3, -0.25) is 9.97 Å². The summed E-state index contributed by atoms with van der Waals surface area (Å²) in [6.07, 6.45) is 3.58. The van der Waals surface area contributed by atoms with Crippen molar-refractivity contribution in [2.24, 2.45) is 0 Å². The van der Waals surface area contributed by atoms with Gasteiger partial charge in [-0.1, -0.05) is 42.5 Å². The first kappa shape index (κ1) is 15.5. The second kappa shape index (κ2) is 6.83. The number of fused-ring (bicyclic) bond motifs is 3. The van der Waals surface area contributed by atoms with Crippen LogP contribution in [0.2, 0.25) is 0 Å². The van der Waals surface area contributed by atoms with E-state index in [1.165, 1.54) is 5.56 Å². The van der Waals surface area contributed by atoms with Crippen LogP contribution in [-0.2, 0) is 6.54 Å². The van der Waals surface area contributed by atoms with Crippen molar-refractivity contribution in [2.75, 3.05) is 5.32 Å². The molecule has 0 saturated heterocycles. The van der Waals surface area contributed by atoms with Crippen LogP contribution in [0.15, 0.2) is 73.1 Å². The number of benzene rings is 2. The zero-order valence-corrected chi connectivity index (χ0v) is 14.3. The van der Waals surface area contributed by atoms with Crippen LogP contribution in [0.5, 0.6) is 0 Å². The van der Waals surface area contributed by atoms with E-state index in [1.54, 1.807) is 12.4 Å². The minimum Gasteiger partial charge on any atom is -0.358 e. The summed E-state index contributed by atoms with van der Waals surface area (Å²) in [5, 5.41) is 9.20. The zero-order valence-electron chi connectivity index (χ0n) is 13.4. The van der Waals surface area contributed by atoms with Crippen molar-refractivity contribution in [2.45, 2.75) is 6.54 Å². The third kappa shape index (κ3) is 3.27. The first-order chi connectivity index (χ1) is 12.3. The van der Waals surface area contributed by atoms with E-state index in [1.807, 2.05) is 36.4 Å². The number of rotatable bonds is 3. The van der Waals surface area contributed by atoms with Crippen LogP contribution >= 0.6 is 12.2 Å². The van der Waals surface area contributed by atoms with Crippen molar-refractivity contribution in [1.29, 1.82) is 0 Å². The monoisotopic (exact) mass is 344 g/mol. The molecule has 0 bridgehead atoms. The van der Waals surface area contributed by atoms with Crippen LogP contribution in [-0.4, -0.2) is 15.1 Å². The van der Waals surface area contributed by atoms with Crippen LogP contribution in [0.1, 0.15) is 5.56 Å². The molecular formula is C20H16N4S. The third-order valence-corrected chi connectivity index (χ3v) is 4.26. The van der Waals surface area contributed by atoms with Gasteiger partial charge in [-0.25, -0.2) is 0 Å². The topological polar surface area (TPSA) is 49.8 Å². The number of anilines is 1. The smallest absolute Gasteiger partial charge is 0.171 e. The van der Waals surface area contributed by atoms with Crippen molar-refractivity contribution in [3.05, 3.63) is 78.6 Å². The van der Waals surface area contributed by atoms with Gasteiger partial charge in [0.25, 0.3) is 0 Å². The Morgan fingerprint density at radius 1 is 0.880 bits per heavy atom. The summed E-state index contributed by atoms with van der Waals surface area (Å²) in [6, 6.07) is 20.1. The molecule has 122 valence electrons. The first-order valence-electron chi connectivity index (χ1n) is 8.02. The Morgan fingerprint density at radius 2 is 1.64 bits per heavy atom. The maximum absolute atomic E-state index is 5.45. The fourth-order valence-electron chi connectivity index (χ4n) is 2.84. The minimum atomic E-state index is 0.561. The standard InChI is InChI=1S/C20H16N4S/c25-20(23-13-14-6-2-1-3-7-14)24-18-12-17-15(8-4-10-21-17)16-9-5-11-22-19(16)18/h1-12H,13H2,(H2,23,24,25). The van der Waals surface area contributed by atoms with Crippen molar-refractivity contribution in [1.82, 2.24) is 15.3 Å². The molecule has 2 heterocycles. The van der Waals surface area contributed by atoms with Gasteiger partial charge in [0, 0.05) is 29.7 Å². The summed E-state index contributed by atoms with van der Waals surface area (Å²) in [5.74, 6) is 0. The van der Waals surface area contributed by atoms with Gasteiger partial charge in [-0.2, -0.15) is 0 Å². The van der Waals surface area contributed by atoms with Crippen LogP contribution < -0.4 is 10.6 Å². The van der Waals surface area contributed by atoms with E-state index in [4.69, 9.17) is 12.2 Å². The third-order valence-electron chi connectivity index (χ3n) is 4.02. The molecule has 5 heteroatoms. The predicted molar refractivity (Wildman–Crippen MR) is 107 cm³/mol. The molecule has 0 spiro atoms. The van der Waals surface area contributed by atoms with E-state index in [0.717, 1.165) is 27.5 Å². The Morgan fingerprint density at radius 3 is 2.48 bits per heavy atom. The fraction of sp³-hybridized carbons (Fsp3) is 0.0500. The molecule has 2 aromatic carbocycles. The highest BCUT2D eigenvalue weighted by Gasteiger charge is 2.09. The maximum Gasteiger partial charge on any atom is 0.171 e. The van der Waals surface area contributed by atoms with E-state index >= 15 is 0 Å². The lowest BCUT2D eigenvalue weighted by molar-refractivity contribution is 0.926. The van der Waals surface area contributed by atoms with Crippen molar-refractivity contribution >= 4 is 44.8 Å². The molecule has 4 rings (SSSR count). The maximum atomic E-state index is 5.45. The lowest BCUT2D eigenvalue weighted by atomic mass is 10.1. The molecule has 0 saturated carbocycles. The average molecular weight is 344 g/mol. The lowest BCUT2D eigenvalue weighted by Crippen LogP contribution is -2.28. The molecule has 4 nitrogen and oxygen atoms in total. The predicted octanol–water partition coefficient (Wildman–Crippen LogP) is 4.27. The molecule has 0 aliphatic carbocycles. The normalized spacial score (nSPS) is 10.7. The summed E-state index contributed by atoms with van der Waals surface area (Å²) < 4.78 is 0. The number of aromatic nitrogens is 2. The molecule has 0 atom stereocenters. The van der Waals surface area contributed by atoms with Gasteiger partial charge >= 0.3 is 0 Å². The second-order valence-corrected chi connectivity index (χ2v) is 6.10. The molecule has 0 fully saturated rings. The molecule has 4 aromatic rings. The summed E-state index contributed by atoms with van der Waals surface area (Å²) in [7, 11) is 0. The largest absolute Gasteiger partial charge is 0.358 e. The van der Waals surface area contributed by atoms with E-state index in [9.17, 15) is 0 Å². The number of nitrogens with one attached hydrogen (secondary N) is 2. The second-order valence-electron chi connectivity index (χ2n) is 5.69. The quantitative estimate of drug-likeness (QED) is 0.429. The van der Waals surface area contributed by atoms with E-state index in [-0.39, 0.29) is 0 Å². The Labute approximate surface area is 150 Å². The summed E-state index contributed by atoms with van der Waals surface area (Å²) in [5.41, 5.74) is 3.82. The van der Waals surface area contributed by atoms with E-state index < -0.39 is 0 Å². The number of pyridine rings is 2. The number of hydrogen-bond acceptors (Lipinski definition) is 3. The molecule has 0 aliphatic rings. The molecular weight excluding hydrogens is 328 g/mol. The van der Waals surface area contributed by atoms with Crippen LogP contribution in [0.25, 0.3) is 21.8 Å². The van der Waals surface area contributed by atoms with Crippen LogP contribution in [0, 0.1) is 0 Å². The molecule has 2 N–H and O–H groups in total. The van der Waals surface area contributed by atoms with Crippen LogP contribution in [0.3, 0.4) is 0 Å². The zero-order chi connectivity index (χ0) is 17.1. The highest BCUT2D eigenvalue weighted by molar-refractivity contribution is 7.80. The molecule has 2 aromatic heterocycles. The summed E-state index contributed by atoms with van der Waals surface area (Å²) in [4.78, 5) is 8.99. The number of nitrogens with zero attached hydrogens (tertiary/aromatic N) is 2. The minimum absolute atomic E-state index is 0.561. The average Bonchev–Trinajstić information content (AvgIpc) is 2.67.